The van der Waals surface area contributed by atoms with Crippen LogP contribution in [-0.2, 0) is 0 Å². The standard InChI is InChI=1S/C9H7Cl2N3/c1-6-5-14(13-12-6)7-2-3-8(10)9(11)4-7/h2-5H,1H3. The number of hydrogen-bond acceptors (Lipinski definition) is 2. The Morgan fingerprint density at radius 2 is 2.00 bits per heavy atom. The third-order valence-electron chi connectivity index (χ3n) is 1.78. The number of nitrogens with zero attached hydrogens (tertiary/aromatic N) is 3. The Morgan fingerprint density at radius 3 is 2.57 bits per heavy atom. The molecule has 1 heterocycles. The molecule has 14 heavy (non-hydrogen) atoms. The second kappa shape index (κ2) is 3.59. The van der Waals surface area contributed by atoms with Gasteiger partial charge in [-0.3, -0.25) is 0 Å². The Bertz CT molecular complexity index is 465. The quantitative estimate of drug-likeness (QED) is 0.751. The highest BCUT2D eigenvalue weighted by Crippen LogP contribution is 2.23. The topological polar surface area (TPSA) is 30.7 Å². The van der Waals surface area contributed by atoms with Crippen molar-refractivity contribution in [2.75, 3.05) is 0 Å². The maximum absolute atomic E-state index is 5.88. The average molecular weight is 228 g/mol. The van der Waals surface area contributed by atoms with Crippen LogP contribution in [0.25, 0.3) is 5.69 Å². The lowest BCUT2D eigenvalue weighted by Gasteiger charge is -2.01. The highest BCUT2D eigenvalue weighted by Gasteiger charge is 2.02. The van der Waals surface area contributed by atoms with E-state index in [0.717, 1.165) is 11.4 Å². The van der Waals surface area contributed by atoms with Crippen molar-refractivity contribution in [2.45, 2.75) is 6.92 Å². The molecular weight excluding hydrogens is 221 g/mol. The molecule has 0 aliphatic rings. The predicted molar refractivity (Wildman–Crippen MR) is 56.1 cm³/mol. The number of hydrogen-bond donors (Lipinski definition) is 0. The molecule has 2 aromatic rings. The summed E-state index contributed by atoms with van der Waals surface area (Å²) in [5, 5.41) is 8.85. The second-order valence-corrected chi connectivity index (χ2v) is 3.72. The minimum atomic E-state index is 0.511. The molecule has 0 N–H and O–H groups in total. The normalized spacial score (nSPS) is 10.5. The molecule has 0 bridgehead atoms. The van der Waals surface area contributed by atoms with E-state index in [-0.39, 0.29) is 0 Å². The predicted octanol–water partition coefficient (Wildman–Crippen LogP) is 2.88. The van der Waals surface area contributed by atoms with Gasteiger partial charge in [-0.2, -0.15) is 0 Å². The lowest BCUT2D eigenvalue weighted by Crippen LogP contribution is -1.94. The summed E-state index contributed by atoms with van der Waals surface area (Å²) in [7, 11) is 0. The molecular formula is C9H7Cl2N3. The van der Waals surface area contributed by atoms with Crippen LogP contribution in [0.2, 0.25) is 10.0 Å². The van der Waals surface area contributed by atoms with Gasteiger partial charge in [-0.05, 0) is 25.1 Å². The van der Waals surface area contributed by atoms with E-state index in [0.29, 0.717) is 10.0 Å². The van der Waals surface area contributed by atoms with Gasteiger partial charge in [0.25, 0.3) is 0 Å². The average Bonchev–Trinajstić information content (AvgIpc) is 2.57. The van der Waals surface area contributed by atoms with E-state index < -0.39 is 0 Å². The Morgan fingerprint density at radius 1 is 1.21 bits per heavy atom. The summed E-state index contributed by atoms with van der Waals surface area (Å²) in [6.07, 6.45) is 1.82. The van der Waals surface area contributed by atoms with Gasteiger partial charge in [0.15, 0.2) is 0 Å². The monoisotopic (exact) mass is 227 g/mol. The molecule has 0 saturated heterocycles. The van der Waals surface area contributed by atoms with Crippen LogP contribution in [0.1, 0.15) is 5.69 Å². The summed E-state index contributed by atoms with van der Waals surface area (Å²) in [5.41, 5.74) is 1.70. The summed E-state index contributed by atoms with van der Waals surface area (Å²) < 4.78 is 1.65. The molecule has 0 radical (unpaired) electrons. The number of aromatic nitrogens is 3. The first kappa shape index (κ1) is 9.49. The SMILES string of the molecule is Cc1cn(-c2ccc(Cl)c(Cl)c2)nn1. The minimum Gasteiger partial charge on any atom is -0.220 e. The molecule has 0 aliphatic carbocycles. The first-order chi connectivity index (χ1) is 6.66. The van der Waals surface area contributed by atoms with Crippen molar-refractivity contribution in [3.05, 3.63) is 40.1 Å². The van der Waals surface area contributed by atoms with Crippen LogP contribution >= 0.6 is 23.2 Å². The van der Waals surface area contributed by atoms with Crippen LogP contribution in [0, 0.1) is 6.92 Å². The summed E-state index contributed by atoms with van der Waals surface area (Å²) in [6, 6.07) is 5.32. The van der Waals surface area contributed by atoms with Crippen molar-refractivity contribution in [3.63, 3.8) is 0 Å². The van der Waals surface area contributed by atoms with E-state index in [1.54, 1.807) is 16.8 Å². The third-order valence-corrected chi connectivity index (χ3v) is 2.51. The van der Waals surface area contributed by atoms with Crippen LogP contribution in [0.3, 0.4) is 0 Å². The zero-order valence-electron chi connectivity index (χ0n) is 7.41. The number of rotatable bonds is 1. The second-order valence-electron chi connectivity index (χ2n) is 2.90. The van der Waals surface area contributed by atoms with Crippen molar-refractivity contribution in [1.29, 1.82) is 0 Å². The van der Waals surface area contributed by atoms with Gasteiger partial charge < -0.3 is 0 Å². The van der Waals surface area contributed by atoms with Gasteiger partial charge in [-0.1, -0.05) is 28.4 Å². The maximum Gasteiger partial charge on any atom is 0.0800 e. The molecule has 0 unspecified atom stereocenters. The summed E-state index contributed by atoms with van der Waals surface area (Å²) in [4.78, 5) is 0. The fourth-order valence-corrected chi connectivity index (χ4v) is 1.39. The smallest absolute Gasteiger partial charge is 0.0800 e. The third kappa shape index (κ3) is 1.74. The molecule has 1 aromatic heterocycles. The molecule has 0 amide bonds. The van der Waals surface area contributed by atoms with Crippen molar-refractivity contribution in [2.24, 2.45) is 0 Å². The van der Waals surface area contributed by atoms with E-state index in [2.05, 4.69) is 10.3 Å². The highest BCUT2D eigenvalue weighted by molar-refractivity contribution is 6.42. The van der Waals surface area contributed by atoms with E-state index in [1.807, 2.05) is 19.2 Å². The fraction of sp³-hybridized carbons (Fsp3) is 0.111. The molecule has 3 nitrogen and oxygen atoms in total. The Kier molecular flexibility index (Phi) is 2.44. The van der Waals surface area contributed by atoms with Crippen molar-refractivity contribution < 1.29 is 0 Å². The largest absolute Gasteiger partial charge is 0.220 e. The summed E-state index contributed by atoms with van der Waals surface area (Å²) >= 11 is 11.7. The molecule has 2 rings (SSSR count). The lowest BCUT2D eigenvalue weighted by molar-refractivity contribution is 0.801. The first-order valence-corrected chi connectivity index (χ1v) is 4.77. The molecule has 0 spiro atoms. The first-order valence-electron chi connectivity index (χ1n) is 4.01. The zero-order chi connectivity index (χ0) is 10.1. The van der Waals surface area contributed by atoms with Gasteiger partial charge in [0.2, 0.25) is 0 Å². The van der Waals surface area contributed by atoms with Crippen LogP contribution in [0.4, 0.5) is 0 Å². The Balaban J connectivity index is 2.47. The maximum atomic E-state index is 5.88. The highest BCUT2D eigenvalue weighted by atomic mass is 35.5. The summed E-state index contributed by atoms with van der Waals surface area (Å²) in [5.74, 6) is 0. The Hall–Kier alpha value is -1.06. The Labute approximate surface area is 91.3 Å². The van der Waals surface area contributed by atoms with Crippen molar-refractivity contribution in [3.8, 4) is 5.69 Å². The number of benzene rings is 1. The van der Waals surface area contributed by atoms with E-state index in [4.69, 9.17) is 23.2 Å². The van der Waals surface area contributed by atoms with Gasteiger partial charge in [-0.25, -0.2) is 4.68 Å². The van der Waals surface area contributed by atoms with Crippen LogP contribution in [0.15, 0.2) is 24.4 Å². The van der Waals surface area contributed by atoms with Gasteiger partial charge >= 0.3 is 0 Å². The molecule has 5 heteroatoms. The fourth-order valence-electron chi connectivity index (χ4n) is 1.10. The van der Waals surface area contributed by atoms with Crippen LogP contribution in [-0.4, -0.2) is 15.0 Å². The van der Waals surface area contributed by atoms with E-state index >= 15 is 0 Å². The zero-order valence-corrected chi connectivity index (χ0v) is 8.92. The van der Waals surface area contributed by atoms with Gasteiger partial charge in [0.1, 0.15) is 0 Å². The number of aryl methyl sites for hydroxylation is 1. The van der Waals surface area contributed by atoms with Crippen LogP contribution < -0.4 is 0 Å². The van der Waals surface area contributed by atoms with Crippen LogP contribution in [0.5, 0.6) is 0 Å². The van der Waals surface area contributed by atoms with Crippen molar-refractivity contribution in [1.82, 2.24) is 15.0 Å². The molecule has 0 fully saturated rings. The van der Waals surface area contributed by atoms with Crippen molar-refractivity contribution >= 4 is 23.2 Å². The van der Waals surface area contributed by atoms with Gasteiger partial charge in [-0.15, -0.1) is 5.10 Å². The van der Waals surface area contributed by atoms with Gasteiger partial charge in [0.05, 0.1) is 27.6 Å². The molecule has 1 aromatic carbocycles. The van der Waals surface area contributed by atoms with Gasteiger partial charge in [0, 0.05) is 0 Å². The molecule has 0 saturated carbocycles. The number of halogens is 2. The molecule has 0 aliphatic heterocycles. The molecule has 72 valence electrons. The minimum absolute atomic E-state index is 0.511. The molecule has 0 atom stereocenters. The lowest BCUT2D eigenvalue weighted by atomic mass is 10.3. The van der Waals surface area contributed by atoms with E-state index in [1.165, 1.54) is 0 Å². The summed E-state index contributed by atoms with van der Waals surface area (Å²) in [6.45, 7) is 1.88. The van der Waals surface area contributed by atoms with E-state index in [9.17, 15) is 0 Å².